The molecule has 4 aromatic carbocycles. The number of aliphatic imine (C=N–C) groups is 1. The van der Waals surface area contributed by atoms with E-state index < -0.39 is 35.4 Å². The van der Waals surface area contributed by atoms with Crippen LogP contribution in [0.25, 0.3) is 40.9 Å². The van der Waals surface area contributed by atoms with Gasteiger partial charge in [-0.25, -0.2) is 39.7 Å². The van der Waals surface area contributed by atoms with Crippen LogP contribution in [0.2, 0.25) is 0 Å². The normalized spacial score (nSPS) is 18.3. The number of aliphatic carboxylic acids is 1. The van der Waals surface area contributed by atoms with Crippen LogP contribution in [-0.4, -0.2) is 201 Å². The summed E-state index contributed by atoms with van der Waals surface area (Å²) in [5.41, 5.74) is 30.8. The number of benzene rings is 4. The fraction of sp³-hybridized carbons (Fsp3) is 0.438. The number of nitrogens with two attached hydrogens (primary N) is 3. The van der Waals surface area contributed by atoms with Gasteiger partial charge in [0.2, 0.25) is 5.78 Å². The molecule has 7 aromatic heterocycles. The molecule has 122 heavy (non-hydrogen) atoms. The monoisotopic (exact) mass is 1740 g/mol. The van der Waals surface area contributed by atoms with Gasteiger partial charge in [-0.3, -0.25) is 29.0 Å². The van der Waals surface area contributed by atoms with Gasteiger partial charge < -0.3 is 69.1 Å². The van der Waals surface area contributed by atoms with Crippen molar-refractivity contribution in [1.82, 2.24) is 69.6 Å². The number of pyridine rings is 3. The maximum atomic E-state index is 13.2. The molecule has 4 aliphatic rings. The van der Waals surface area contributed by atoms with E-state index in [1.165, 1.54) is 74.1 Å². The van der Waals surface area contributed by atoms with Crippen LogP contribution in [0.5, 0.6) is 0 Å². The van der Waals surface area contributed by atoms with Gasteiger partial charge in [-0.05, 0) is 264 Å². The number of aromatic nitrogens is 7. The summed E-state index contributed by atoms with van der Waals surface area (Å²) in [5.74, 6) is -1.31. The summed E-state index contributed by atoms with van der Waals surface area (Å²) in [6.07, 6.45) is 12.7. The third-order valence-electron chi connectivity index (χ3n) is 21.3. The summed E-state index contributed by atoms with van der Waals surface area (Å²) < 4.78 is 4.83. The van der Waals surface area contributed by atoms with E-state index in [1.54, 1.807) is 82.8 Å². The van der Waals surface area contributed by atoms with Crippen LogP contribution in [0.3, 0.4) is 0 Å². The predicted molar refractivity (Wildman–Crippen MR) is 493 cm³/mol. The van der Waals surface area contributed by atoms with Crippen LogP contribution in [0.1, 0.15) is 163 Å². The molecule has 10 N–H and O–H groups in total. The largest absolute Gasteiger partial charge is 1.00 e. The summed E-state index contributed by atoms with van der Waals surface area (Å²) in [6.45, 7) is 20.8. The number of hydrogen-bond acceptors (Lipinski definition) is 26. The van der Waals surface area contributed by atoms with Crippen LogP contribution in [-0.2, 0) is 61.4 Å². The number of amides is 4. The maximum absolute atomic E-state index is 13.2. The first kappa shape index (κ1) is 96.7. The third kappa shape index (κ3) is 26.7. The van der Waals surface area contributed by atoms with E-state index >= 15 is 0 Å². The number of rotatable bonds is 17. The molecule has 1 unspecified atom stereocenters. The number of Topliss-reactive ketones (excluding diaryl/α,β-unsaturated/α-hetero) is 1. The number of nitrogens with zero attached hydrogens (tertiary/aromatic N) is 14. The van der Waals surface area contributed by atoms with E-state index in [4.69, 9.17) is 47.2 Å². The number of likely N-dealkylation sites (tertiary alicyclic amines) is 2. The van der Waals surface area contributed by atoms with E-state index in [0.717, 1.165) is 153 Å². The minimum absolute atomic E-state index is 0. The van der Waals surface area contributed by atoms with Crippen molar-refractivity contribution in [3.8, 4) is 0 Å². The predicted octanol–water partition coefficient (Wildman–Crippen LogP) is 11.1. The van der Waals surface area contributed by atoms with Gasteiger partial charge in [0.15, 0.2) is 0 Å². The second-order valence-electron chi connectivity index (χ2n) is 33.3. The van der Waals surface area contributed by atoms with Crippen LogP contribution in [0.4, 0.5) is 28.8 Å². The SMILES string of the molecule is CC1CCC(c2ccc3sc(CN(C)C)nc3c2)=NC1.C[C@@H]1CC[C@@H](c2ccc3sc(CN(C)C)nc3c2)NC1.Cc1cc(CC(=O)C(=O)O)cnc1N.Cc1cc(NC(=O)C(=O)N2C[C@@H](C)CC[C@@H]2c2ccc3sc(CN(C)C)nc3c2)cnc1N.Cc1cc(NC(=O)C(=O)N2C[C@H](C)CC[C@H]2c2ccc3sc(CN(C)C)nc3c2)cnc1N.[B].[H-].[Na+]. The standard InChI is InChI=1S/2C24H30N6O2S.C16H23N3S.C16H21N3S.C9H10N2O3.B.Na.H/c2*1-14-5-7-19(16-6-8-20-18(10-16)28-21(33-20)13-29(3)4)30(12-14)24(32)23(31)27-17-9-15(2)22(25)26-11-17;2*1-11-4-6-13(17-9-11)12-5-7-15-14(8-12)18-16(20-15)10-19(2)3;1-5-2-6(4-11-8(5)10)3-7(12)9(13)14;;;/h2*6,8-11,14,19H,5,7,12-13H2,1-4H3,(H2,25,26)(H,27,31);5,7-8,11,13,17H,4,6,9-10H2,1-3H3;5,7-8,11H,4,6,9-10H2,1-3H3;2,4H,3H2,1H3,(H2,10,11)(H,13,14);;;/q;;;;;;+1;-1/t2*14-,19+;11-,13+;;;;;/m101...../s1. The quantitative estimate of drug-likeness (QED) is 0.0329. The first-order valence-corrected chi connectivity index (χ1v) is 44.0. The van der Waals surface area contributed by atoms with Gasteiger partial charge in [0.05, 0.1) is 76.7 Å². The molecular formula is C89H115BN20NaO7S4. The molecule has 33 heteroatoms. The maximum Gasteiger partial charge on any atom is 1.00 e. The number of carboxylic acid groups (broad SMARTS) is 1. The average Bonchev–Trinajstić information content (AvgIpc) is 1.69. The van der Waals surface area contributed by atoms with Crippen molar-refractivity contribution in [2.75, 3.05) is 110 Å². The first-order valence-electron chi connectivity index (χ1n) is 40.7. The van der Waals surface area contributed by atoms with Gasteiger partial charge in [0.25, 0.3) is 0 Å². The van der Waals surface area contributed by atoms with Crippen molar-refractivity contribution in [1.29, 1.82) is 0 Å². The van der Waals surface area contributed by atoms with Crippen molar-refractivity contribution in [2.45, 2.75) is 151 Å². The summed E-state index contributed by atoms with van der Waals surface area (Å²) in [7, 11) is 16.4. The van der Waals surface area contributed by atoms with Crippen molar-refractivity contribution in [3.05, 3.63) is 174 Å². The number of ketones is 1. The number of fused-ring (bicyclic) bond motifs is 4. The first-order chi connectivity index (χ1) is 57.1. The molecule has 641 valence electrons. The molecule has 0 bridgehead atoms. The molecule has 11 heterocycles. The van der Waals surface area contributed by atoms with Gasteiger partial charge in [0.1, 0.15) is 37.5 Å². The molecule has 4 aliphatic heterocycles. The van der Waals surface area contributed by atoms with Crippen molar-refractivity contribution >= 4 is 165 Å². The van der Waals surface area contributed by atoms with Crippen LogP contribution in [0, 0.1) is 44.4 Å². The Morgan fingerprint density at radius 2 is 0.877 bits per heavy atom. The molecule has 4 amide bonds. The molecule has 0 aliphatic carbocycles. The topological polar surface area (TPSA) is 359 Å². The van der Waals surface area contributed by atoms with E-state index in [0.29, 0.717) is 65.4 Å². The van der Waals surface area contributed by atoms with Crippen LogP contribution >= 0.6 is 45.3 Å². The zero-order valence-electron chi connectivity index (χ0n) is 74.1. The number of hydrogen-bond donors (Lipinski definition) is 7. The van der Waals surface area contributed by atoms with E-state index in [-0.39, 0.29) is 57.9 Å². The third-order valence-corrected chi connectivity index (χ3v) is 25.4. The number of anilines is 5. The number of carbonyl (C=O) groups excluding carboxylic acids is 5. The fourth-order valence-electron chi connectivity index (χ4n) is 14.8. The van der Waals surface area contributed by atoms with E-state index in [1.807, 2.05) is 39.5 Å². The fourth-order valence-corrected chi connectivity index (χ4v) is 19.1. The Kier molecular flexibility index (Phi) is 35.2. The van der Waals surface area contributed by atoms with Crippen LogP contribution in [0.15, 0.2) is 115 Å². The summed E-state index contributed by atoms with van der Waals surface area (Å²) >= 11 is 6.97. The van der Waals surface area contributed by atoms with Crippen LogP contribution < -0.4 is 62.7 Å². The summed E-state index contributed by atoms with van der Waals surface area (Å²) in [6, 6.07) is 31.1. The minimum Gasteiger partial charge on any atom is -1.00 e. The Bertz CT molecular complexity index is 5330. The zero-order valence-corrected chi connectivity index (χ0v) is 78.3. The Morgan fingerprint density at radius 3 is 1.25 bits per heavy atom. The molecule has 0 spiro atoms. The molecule has 3 saturated heterocycles. The van der Waals surface area contributed by atoms with Gasteiger partial charge in [-0.1, -0.05) is 58.0 Å². The van der Waals surface area contributed by atoms with Crippen molar-refractivity contribution in [2.24, 2.45) is 28.7 Å². The average molecular weight is 1740 g/mol. The number of nitrogen functional groups attached to an aromatic ring is 3. The van der Waals surface area contributed by atoms with Gasteiger partial charge in [-0.15, -0.1) is 45.3 Å². The summed E-state index contributed by atoms with van der Waals surface area (Å²) in [5, 5.41) is 21.9. The second-order valence-corrected chi connectivity index (χ2v) is 37.8. The van der Waals surface area contributed by atoms with Gasteiger partial charge in [-0.2, -0.15) is 0 Å². The Balaban J connectivity index is 0.000000196. The number of nitrogens with one attached hydrogen (secondary N) is 3. The molecule has 15 rings (SSSR count). The molecule has 11 aromatic rings. The Labute approximate surface area is 756 Å². The van der Waals surface area contributed by atoms with Crippen molar-refractivity contribution < 1.29 is 64.9 Å². The van der Waals surface area contributed by atoms with E-state index in [9.17, 15) is 28.8 Å². The number of aryl methyl sites for hydroxylation is 3. The minimum atomic E-state index is -1.43. The Morgan fingerprint density at radius 1 is 0.492 bits per heavy atom. The summed E-state index contributed by atoms with van der Waals surface area (Å²) in [4.78, 5) is 121. The van der Waals surface area contributed by atoms with Gasteiger partial charge in [0, 0.05) is 78.6 Å². The second kappa shape index (κ2) is 44.4. The molecule has 0 saturated carbocycles. The molecule has 3 fully saturated rings. The van der Waals surface area contributed by atoms with E-state index in [2.05, 4.69) is 179 Å². The molecular weight excluding hydrogens is 1620 g/mol. The number of piperidine rings is 3. The number of thiazole rings is 4. The van der Waals surface area contributed by atoms with Gasteiger partial charge >= 0.3 is 59.2 Å². The Hall–Kier alpha value is -9.16. The molecule has 27 nitrogen and oxygen atoms in total. The molecule has 3 radical (unpaired) electrons. The smallest absolute Gasteiger partial charge is 1.00 e. The number of carbonyl (C=O) groups is 6. The number of carboxylic acids is 1. The zero-order chi connectivity index (χ0) is 86.3. The molecule has 7 atom stereocenters. The van der Waals surface area contributed by atoms with Crippen molar-refractivity contribution in [3.63, 3.8) is 0 Å².